The Kier molecular flexibility index (Phi) is 7.38. The van der Waals surface area contributed by atoms with Crippen molar-refractivity contribution in [1.29, 1.82) is 0 Å². The molecule has 9 heteroatoms. The van der Waals surface area contributed by atoms with Crippen LogP contribution in [0.5, 0.6) is 0 Å². The fourth-order valence-corrected chi connectivity index (χ4v) is 3.69. The molecule has 0 radical (unpaired) electrons. The number of halogens is 1. The second-order valence-corrected chi connectivity index (χ2v) is 7.82. The molecule has 1 aromatic heterocycles. The molecule has 28 heavy (non-hydrogen) atoms. The molecule has 7 nitrogen and oxygen atoms in total. The minimum atomic E-state index is -0.265. The molecular weight excluding hydrogens is 400 g/mol. The van der Waals surface area contributed by atoms with Crippen LogP contribution in [0, 0.1) is 6.92 Å². The lowest BCUT2D eigenvalue weighted by Crippen LogP contribution is -2.45. The van der Waals surface area contributed by atoms with Crippen molar-refractivity contribution in [2.45, 2.75) is 6.92 Å². The Morgan fingerprint density at radius 2 is 2.00 bits per heavy atom. The number of hydrogen-bond donors (Lipinski definition) is 1. The van der Waals surface area contributed by atoms with Crippen LogP contribution >= 0.6 is 22.9 Å². The molecule has 1 N–H and O–H groups in total. The highest BCUT2D eigenvalue weighted by molar-refractivity contribution is 7.13. The number of carbonyl (C=O) groups excluding carboxylic acids is 2. The largest absolute Gasteiger partial charge is 0.379 e. The minimum Gasteiger partial charge on any atom is -0.379 e. The predicted octanol–water partition coefficient (Wildman–Crippen LogP) is 2.52. The van der Waals surface area contributed by atoms with Crippen LogP contribution in [-0.2, 0) is 9.53 Å². The van der Waals surface area contributed by atoms with Crippen molar-refractivity contribution in [3.63, 3.8) is 0 Å². The smallest absolute Gasteiger partial charge is 0.254 e. The van der Waals surface area contributed by atoms with E-state index in [2.05, 4.69) is 15.2 Å². The van der Waals surface area contributed by atoms with Crippen molar-refractivity contribution in [2.24, 2.45) is 0 Å². The summed E-state index contributed by atoms with van der Waals surface area (Å²) in [5.74, 6) is -0.464. The van der Waals surface area contributed by atoms with Crippen LogP contribution in [0.15, 0.2) is 29.6 Å². The monoisotopic (exact) mass is 422 g/mol. The normalized spacial score (nSPS) is 14.6. The highest BCUT2D eigenvalue weighted by Gasteiger charge is 2.21. The van der Waals surface area contributed by atoms with E-state index >= 15 is 0 Å². The van der Waals surface area contributed by atoms with Gasteiger partial charge in [-0.1, -0.05) is 11.6 Å². The fraction of sp³-hybridized carbons (Fsp3) is 0.421. The van der Waals surface area contributed by atoms with Crippen LogP contribution < -0.4 is 5.32 Å². The van der Waals surface area contributed by atoms with Gasteiger partial charge in [0.1, 0.15) is 6.54 Å². The van der Waals surface area contributed by atoms with Crippen molar-refractivity contribution in [2.75, 3.05) is 51.3 Å². The fourth-order valence-electron chi connectivity index (χ4n) is 2.86. The van der Waals surface area contributed by atoms with Gasteiger partial charge in [0.15, 0.2) is 5.13 Å². The number of aromatic nitrogens is 1. The summed E-state index contributed by atoms with van der Waals surface area (Å²) in [7, 11) is 0. The number of carbonyl (C=O) groups is 2. The van der Waals surface area contributed by atoms with E-state index in [0.29, 0.717) is 42.0 Å². The van der Waals surface area contributed by atoms with Gasteiger partial charge in [0.05, 0.1) is 18.9 Å². The minimum absolute atomic E-state index is 0.0373. The van der Waals surface area contributed by atoms with Crippen LogP contribution in [0.3, 0.4) is 0 Å². The van der Waals surface area contributed by atoms with Crippen LogP contribution in [0.25, 0.3) is 0 Å². The third-order valence-corrected chi connectivity index (χ3v) is 5.50. The number of nitrogens with one attached hydrogen (secondary N) is 1. The molecule has 0 saturated carbocycles. The second kappa shape index (κ2) is 9.97. The second-order valence-electron chi connectivity index (χ2n) is 6.53. The zero-order valence-electron chi connectivity index (χ0n) is 15.7. The third kappa shape index (κ3) is 6.00. The summed E-state index contributed by atoms with van der Waals surface area (Å²) in [5, 5.41) is 5.73. The molecule has 0 unspecified atom stereocenters. The van der Waals surface area contributed by atoms with Crippen molar-refractivity contribution < 1.29 is 14.3 Å². The molecule has 150 valence electrons. The Balaban J connectivity index is 1.66. The molecule has 2 heterocycles. The summed E-state index contributed by atoms with van der Waals surface area (Å²) in [6, 6.07) is 6.70. The Hall–Kier alpha value is -2.00. The molecule has 2 aromatic rings. The number of morpholine rings is 1. The molecule has 1 aliphatic heterocycles. The van der Waals surface area contributed by atoms with E-state index in [0.717, 1.165) is 18.8 Å². The Labute approximate surface area is 173 Å². The van der Waals surface area contributed by atoms with Crippen molar-refractivity contribution in [1.82, 2.24) is 14.8 Å². The molecule has 3 rings (SSSR count). The molecule has 0 atom stereocenters. The van der Waals surface area contributed by atoms with Gasteiger partial charge in [-0.25, -0.2) is 4.98 Å². The van der Waals surface area contributed by atoms with Gasteiger partial charge >= 0.3 is 0 Å². The molecule has 0 spiro atoms. The number of thiazole rings is 1. The molecular formula is C19H23ClN4O3S. The lowest BCUT2D eigenvalue weighted by molar-refractivity contribution is -0.117. The van der Waals surface area contributed by atoms with Crippen molar-refractivity contribution in [3.05, 3.63) is 45.9 Å². The quantitative estimate of drug-likeness (QED) is 0.742. The highest BCUT2D eigenvalue weighted by Crippen LogP contribution is 2.15. The number of hydrogen-bond acceptors (Lipinski definition) is 6. The van der Waals surface area contributed by atoms with Gasteiger partial charge in [0.25, 0.3) is 5.91 Å². The zero-order valence-corrected chi connectivity index (χ0v) is 17.3. The molecule has 1 saturated heterocycles. The van der Waals surface area contributed by atoms with E-state index in [9.17, 15) is 9.59 Å². The Morgan fingerprint density at radius 3 is 2.64 bits per heavy atom. The first kappa shape index (κ1) is 20.7. The van der Waals surface area contributed by atoms with E-state index in [-0.39, 0.29) is 18.4 Å². The van der Waals surface area contributed by atoms with Gasteiger partial charge in [-0.2, -0.15) is 0 Å². The van der Waals surface area contributed by atoms with Crippen LogP contribution in [-0.4, -0.2) is 72.5 Å². The predicted molar refractivity (Wildman–Crippen MR) is 110 cm³/mol. The summed E-state index contributed by atoms with van der Waals surface area (Å²) in [6.07, 6.45) is 0. The lowest BCUT2D eigenvalue weighted by Gasteiger charge is -2.30. The maximum atomic E-state index is 13.0. The standard InChI is InChI=1S/C19H23ClN4O3S/c1-14-13-28-19(21-14)22-17(25)12-24(7-6-23-8-10-27-11-9-23)18(26)15-2-4-16(20)5-3-15/h2-5,13H,6-12H2,1H3,(H,21,22,25). The van der Waals surface area contributed by atoms with E-state index in [4.69, 9.17) is 16.3 Å². The molecule has 0 aliphatic carbocycles. The van der Waals surface area contributed by atoms with Crippen molar-refractivity contribution in [3.8, 4) is 0 Å². The number of ether oxygens (including phenoxy) is 1. The highest BCUT2D eigenvalue weighted by atomic mass is 35.5. The molecule has 2 amide bonds. The summed E-state index contributed by atoms with van der Waals surface area (Å²) < 4.78 is 5.36. The van der Waals surface area contributed by atoms with Gasteiger partial charge < -0.3 is 15.0 Å². The first-order valence-electron chi connectivity index (χ1n) is 9.08. The van der Waals surface area contributed by atoms with Crippen LogP contribution in [0.4, 0.5) is 5.13 Å². The van der Waals surface area contributed by atoms with Crippen LogP contribution in [0.2, 0.25) is 5.02 Å². The number of rotatable bonds is 7. The van der Waals surface area contributed by atoms with Gasteiger partial charge in [-0.05, 0) is 31.2 Å². The Bertz CT molecular complexity index is 806. The maximum absolute atomic E-state index is 13.0. The summed E-state index contributed by atoms with van der Waals surface area (Å²) in [6.45, 7) is 6.00. The number of aryl methyl sites for hydroxylation is 1. The van der Waals surface area contributed by atoms with E-state index in [1.807, 2.05) is 12.3 Å². The summed E-state index contributed by atoms with van der Waals surface area (Å²) in [5.41, 5.74) is 1.35. The maximum Gasteiger partial charge on any atom is 0.254 e. The summed E-state index contributed by atoms with van der Waals surface area (Å²) >= 11 is 7.29. The third-order valence-electron chi connectivity index (χ3n) is 4.37. The number of benzene rings is 1. The summed E-state index contributed by atoms with van der Waals surface area (Å²) in [4.78, 5) is 33.5. The van der Waals surface area contributed by atoms with Gasteiger partial charge in [-0.15, -0.1) is 11.3 Å². The molecule has 1 fully saturated rings. The van der Waals surface area contributed by atoms with E-state index < -0.39 is 0 Å². The number of anilines is 1. The van der Waals surface area contributed by atoms with Gasteiger partial charge in [0, 0.05) is 42.1 Å². The first-order chi connectivity index (χ1) is 13.5. The number of amides is 2. The zero-order chi connectivity index (χ0) is 19.9. The number of nitrogens with zero attached hydrogens (tertiary/aromatic N) is 3. The molecule has 0 bridgehead atoms. The Morgan fingerprint density at radius 1 is 1.29 bits per heavy atom. The van der Waals surface area contributed by atoms with Crippen molar-refractivity contribution >= 4 is 39.9 Å². The van der Waals surface area contributed by atoms with Gasteiger partial charge in [-0.3, -0.25) is 14.5 Å². The SMILES string of the molecule is Cc1csc(NC(=O)CN(CCN2CCOCC2)C(=O)c2ccc(Cl)cc2)n1. The van der Waals surface area contributed by atoms with Gasteiger partial charge in [0.2, 0.25) is 5.91 Å². The van der Waals surface area contributed by atoms with Crippen LogP contribution in [0.1, 0.15) is 16.1 Å². The average molecular weight is 423 g/mol. The van der Waals surface area contributed by atoms with E-state index in [1.165, 1.54) is 11.3 Å². The lowest BCUT2D eigenvalue weighted by atomic mass is 10.2. The van der Waals surface area contributed by atoms with E-state index in [1.54, 1.807) is 29.2 Å². The topological polar surface area (TPSA) is 74.8 Å². The first-order valence-corrected chi connectivity index (χ1v) is 10.3. The average Bonchev–Trinajstić information content (AvgIpc) is 3.10. The molecule has 1 aromatic carbocycles. The molecule has 1 aliphatic rings.